The monoisotopic (exact) mass is 897 g/mol. The van der Waals surface area contributed by atoms with Crippen LogP contribution in [0.15, 0.2) is 53.8 Å². The first-order valence-electron chi connectivity index (χ1n) is 22.9. The normalized spacial score (nSPS) is 37.9. The highest BCUT2D eigenvalue weighted by molar-refractivity contribution is 6.39. The maximum atomic E-state index is 14.5. The summed E-state index contributed by atoms with van der Waals surface area (Å²) in [5, 5.41) is 34.6. The number of hydrogen-bond donors (Lipinski definition) is 3. The number of carbonyl (C=O) groups is 4. The Bertz CT molecular complexity index is 1820. The number of aliphatic hydroxyl groups is 3. The van der Waals surface area contributed by atoms with Crippen molar-refractivity contribution in [3.8, 4) is 0 Å². The molecule has 15 nitrogen and oxygen atoms in total. The third-order valence-electron chi connectivity index (χ3n) is 13.9. The highest BCUT2D eigenvalue weighted by Gasteiger charge is 2.56. The topological polar surface area (TPSA) is 200 Å². The van der Waals surface area contributed by atoms with Crippen LogP contribution in [-0.2, 0) is 47.6 Å². The van der Waals surface area contributed by atoms with Crippen LogP contribution in [0.4, 0.5) is 0 Å². The molecule has 1 aromatic rings. The van der Waals surface area contributed by atoms with E-state index in [9.17, 15) is 34.5 Å². The number of aromatic nitrogens is 1. The first kappa shape index (κ1) is 51.3. The second-order valence-corrected chi connectivity index (χ2v) is 18.4. The number of allylic oxidation sites excluding steroid dienone is 3. The van der Waals surface area contributed by atoms with Crippen molar-refractivity contribution in [1.82, 2.24) is 9.88 Å². The Morgan fingerprint density at radius 3 is 2.30 bits per heavy atom. The van der Waals surface area contributed by atoms with E-state index in [4.69, 9.17) is 28.4 Å². The molecule has 3 aliphatic heterocycles. The molecule has 5 rings (SSSR count). The lowest BCUT2D eigenvalue weighted by atomic mass is 9.81. The molecular formula is C49H72N2O13. The first-order chi connectivity index (χ1) is 30.5. The minimum absolute atomic E-state index is 0.0367. The third kappa shape index (κ3) is 12.6. The molecule has 0 spiro atoms. The number of rotatable bonds is 9. The van der Waals surface area contributed by atoms with E-state index < -0.39 is 90.0 Å². The number of hydrogen-bond acceptors (Lipinski definition) is 14. The summed E-state index contributed by atoms with van der Waals surface area (Å²) in [6, 6.07) is 4.39. The average molecular weight is 897 g/mol. The fraction of sp³-hybridized carbons (Fsp3) is 0.694. The number of methoxy groups -OCH3 is 4. The Kier molecular flexibility index (Phi) is 19.0. The van der Waals surface area contributed by atoms with Crippen molar-refractivity contribution in [3.63, 3.8) is 0 Å². The van der Waals surface area contributed by atoms with Gasteiger partial charge < -0.3 is 48.6 Å². The van der Waals surface area contributed by atoms with Crippen LogP contribution in [0.25, 0.3) is 6.08 Å². The summed E-state index contributed by atoms with van der Waals surface area (Å²) >= 11 is 0. The fourth-order valence-corrected chi connectivity index (χ4v) is 9.91. The number of Topliss-reactive ketones (excluding diaryl/α,β-unsaturated/α-hetero) is 2. The molecule has 1 saturated carbocycles. The van der Waals surface area contributed by atoms with Crippen molar-refractivity contribution in [1.29, 1.82) is 0 Å². The van der Waals surface area contributed by atoms with E-state index in [0.29, 0.717) is 50.5 Å². The van der Waals surface area contributed by atoms with Crippen molar-refractivity contribution in [3.05, 3.63) is 59.5 Å². The molecule has 0 radical (unpaired) electrons. The molecule has 0 unspecified atom stereocenters. The Hall–Kier alpha value is -3.67. The highest BCUT2D eigenvalue weighted by Crippen LogP contribution is 2.39. The van der Waals surface area contributed by atoms with E-state index in [1.54, 1.807) is 34.3 Å². The molecule has 1 aromatic heterocycles. The van der Waals surface area contributed by atoms with Crippen LogP contribution in [0.1, 0.15) is 104 Å². The molecular weight excluding hydrogens is 825 g/mol. The number of esters is 1. The molecule has 3 fully saturated rings. The van der Waals surface area contributed by atoms with Gasteiger partial charge in [0.25, 0.3) is 11.7 Å². The molecule has 3 N–H and O–H groups in total. The van der Waals surface area contributed by atoms with Crippen LogP contribution in [0, 0.1) is 23.7 Å². The van der Waals surface area contributed by atoms with E-state index in [2.05, 4.69) is 4.98 Å². The van der Waals surface area contributed by atoms with E-state index in [1.165, 1.54) is 19.1 Å². The van der Waals surface area contributed by atoms with Gasteiger partial charge in [-0.15, -0.1) is 0 Å². The number of amides is 1. The largest absolute Gasteiger partial charge is 0.456 e. The summed E-state index contributed by atoms with van der Waals surface area (Å²) in [6.45, 7) is 7.12. The zero-order chi connectivity index (χ0) is 46.7. The van der Waals surface area contributed by atoms with Gasteiger partial charge in [0.2, 0.25) is 5.79 Å². The molecule has 2 bridgehead atoms. The number of fused-ring (bicyclic) bond motifs is 3. The van der Waals surface area contributed by atoms with Crippen LogP contribution < -0.4 is 0 Å². The van der Waals surface area contributed by atoms with E-state index in [0.717, 1.165) is 11.3 Å². The van der Waals surface area contributed by atoms with E-state index in [-0.39, 0.29) is 50.0 Å². The van der Waals surface area contributed by atoms with Gasteiger partial charge in [0, 0.05) is 71.8 Å². The molecule has 4 aliphatic rings. The van der Waals surface area contributed by atoms with Gasteiger partial charge in [-0.05, 0) is 101 Å². The number of cyclic esters (lactones) is 1. The number of ether oxygens (including phenoxy) is 6. The van der Waals surface area contributed by atoms with Crippen LogP contribution in [0.2, 0.25) is 0 Å². The van der Waals surface area contributed by atoms with Crippen molar-refractivity contribution < 1.29 is 62.9 Å². The number of nitrogens with zero attached hydrogens (tertiary/aromatic N) is 2. The van der Waals surface area contributed by atoms with Gasteiger partial charge in [-0.2, -0.15) is 0 Å². The molecule has 2 saturated heterocycles. The third-order valence-corrected chi connectivity index (χ3v) is 13.9. The number of aliphatic hydroxyl groups excluding tert-OH is 2. The summed E-state index contributed by atoms with van der Waals surface area (Å²) in [5.74, 6) is -8.18. The second kappa shape index (κ2) is 23.7. The Balaban J connectivity index is 1.57. The van der Waals surface area contributed by atoms with Crippen LogP contribution in [0.5, 0.6) is 0 Å². The molecule has 1 amide bonds. The molecule has 64 heavy (non-hydrogen) atoms. The second-order valence-electron chi connectivity index (χ2n) is 18.4. The first-order valence-corrected chi connectivity index (χ1v) is 22.9. The minimum atomic E-state index is -2.57. The fourth-order valence-electron chi connectivity index (χ4n) is 9.91. The average Bonchev–Trinajstić information content (AvgIpc) is 3.29. The van der Waals surface area contributed by atoms with Crippen molar-refractivity contribution in [2.45, 2.75) is 159 Å². The zero-order valence-corrected chi connectivity index (χ0v) is 38.9. The van der Waals surface area contributed by atoms with Gasteiger partial charge in [0.15, 0.2) is 0 Å². The number of piperidine rings is 1. The van der Waals surface area contributed by atoms with Crippen molar-refractivity contribution in [2.24, 2.45) is 23.7 Å². The van der Waals surface area contributed by atoms with Crippen LogP contribution in [0.3, 0.4) is 0 Å². The lowest BCUT2D eigenvalue weighted by molar-refractivity contribution is -0.303. The zero-order valence-electron chi connectivity index (χ0n) is 38.9. The summed E-state index contributed by atoms with van der Waals surface area (Å²) < 4.78 is 35.9. The van der Waals surface area contributed by atoms with Gasteiger partial charge in [-0.25, -0.2) is 4.79 Å². The predicted octanol–water partition coefficient (Wildman–Crippen LogP) is 4.94. The van der Waals surface area contributed by atoms with Crippen molar-refractivity contribution in [2.75, 3.05) is 35.0 Å². The molecule has 15 heteroatoms. The van der Waals surface area contributed by atoms with Crippen molar-refractivity contribution >= 4 is 29.5 Å². The smallest absolute Gasteiger partial charge is 0.329 e. The Morgan fingerprint density at radius 1 is 0.906 bits per heavy atom. The lowest BCUT2D eigenvalue weighted by Crippen LogP contribution is -2.64. The standard InChI is InChI=1S/C49H72N2O13/c1-29-22-34(14-13-16-35-15-9-11-20-50-35)40(54)28-39(53)32(4)44(30(2)24-33-18-19-38(52)41(26-33)60-6)63-48(57)37-17-10-12-21-51(37)47(56)46(55)49(58)31(3)25-42(61-7)45(64-49)43(62-8)27-36(23-29)59-5/h9,11,13,15-16,20,22,24,31-34,36-39,41-45,52-53,58H,10,12,14,17-19,21,23,25-28H2,1-8H3/b16-13+,29-22+,30-24+/t31-,32-,33+,34-,36+,37+,38-,39+,41-,42+,43+,44-,45+,49-/m1/s1. The van der Waals surface area contributed by atoms with Gasteiger partial charge >= 0.3 is 5.97 Å². The number of ketones is 2. The SMILES string of the molecule is CO[C@H]1C/C(C)=C/[C@@H](C/C=C/c2ccccn2)C(=O)C[C@H](O)[C@@H](C)[C@@H](/C(C)=C/[C@@H]2CC[C@@H](O)[C@H](OC)C2)OC(=O)[C@@H]2CCCCN2C(=O)C(=O)[C@]2(O)O[C@H]([C@@H](OC)C1)[C@@H](OC)C[C@H]2C. The molecule has 356 valence electrons. The van der Waals surface area contributed by atoms with E-state index >= 15 is 0 Å². The van der Waals surface area contributed by atoms with Gasteiger partial charge in [0.1, 0.15) is 24.0 Å². The maximum Gasteiger partial charge on any atom is 0.329 e. The van der Waals surface area contributed by atoms with E-state index in [1.807, 2.05) is 56.4 Å². The molecule has 4 heterocycles. The molecule has 1 aliphatic carbocycles. The van der Waals surface area contributed by atoms with Gasteiger partial charge in [-0.3, -0.25) is 19.4 Å². The Morgan fingerprint density at radius 2 is 1.62 bits per heavy atom. The summed E-state index contributed by atoms with van der Waals surface area (Å²) in [4.78, 5) is 63.1. The molecule has 0 aromatic carbocycles. The van der Waals surface area contributed by atoms with Crippen LogP contribution >= 0.6 is 0 Å². The number of pyridine rings is 1. The van der Waals surface area contributed by atoms with Gasteiger partial charge in [0.05, 0.1) is 42.3 Å². The van der Waals surface area contributed by atoms with Gasteiger partial charge in [-0.1, -0.05) is 43.7 Å². The minimum Gasteiger partial charge on any atom is -0.456 e. The predicted molar refractivity (Wildman–Crippen MR) is 237 cm³/mol. The molecule has 14 atom stereocenters. The van der Waals surface area contributed by atoms with Crippen LogP contribution in [-0.4, -0.2) is 144 Å². The summed E-state index contributed by atoms with van der Waals surface area (Å²) in [7, 11) is 6.12. The summed E-state index contributed by atoms with van der Waals surface area (Å²) in [5.41, 5.74) is 2.20. The highest BCUT2D eigenvalue weighted by atomic mass is 16.7. The lowest BCUT2D eigenvalue weighted by Gasteiger charge is -2.47. The number of carbonyl (C=O) groups excluding carboxylic acids is 4. The Labute approximate surface area is 378 Å². The summed E-state index contributed by atoms with van der Waals surface area (Å²) in [6.07, 6.45) is 7.02. The maximum absolute atomic E-state index is 14.5. The quantitative estimate of drug-likeness (QED) is 0.171.